The summed E-state index contributed by atoms with van der Waals surface area (Å²) >= 11 is 3.58. The Morgan fingerprint density at radius 1 is 1.30 bits per heavy atom. The van der Waals surface area contributed by atoms with Gasteiger partial charge in [0.15, 0.2) is 5.96 Å². The monoisotopic (exact) mass is 380 g/mol. The number of nitrogens with one attached hydrogen (secondary N) is 2. The SMILES string of the molecule is CN=C(NCC1(c2cccc(Br)c2)CC1)NCC(C)(C)N(C)C. The van der Waals surface area contributed by atoms with Crippen molar-refractivity contribution in [3.63, 3.8) is 0 Å². The lowest BCUT2D eigenvalue weighted by Gasteiger charge is -2.33. The molecule has 23 heavy (non-hydrogen) atoms. The first kappa shape index (κ1) is 18.3. The first-order chi connectivity index (χ1) is 10.8. The fourth-order valence-corrected chi connectivity index (χ4v) is 2.87. The molecule has 0 saturated heterocycles. The molecule has 0 aromatic heterocycles. The molecule has 1 aliphatic carbocycles. The van der Waals surface area contributed by atoms with E-state index in [-0.39, 0.29) is 11.0 Å². The molecule has 1 aromatic rings. The molecule has 2 N–H and O–H groups in total. The molecule has 0 bridgehead atoms. The summed E-state index contributed by atoms with van der Waals surface area (Å²) in [6.07, 6.45) is 2.47. The first-order valence-corrected chi connectivity index (χ1v) is 8.96. The molecule has 0 amide bonds. The quantitative estimate of drug-likeness (QED) is 0.588. The molecule has 0 unspecified atom stereocenters. The van der Waals surface area contributed by atoms with Crippen molar-refractivity contribution < 1.29 is 0 Å². The lowest BCUT2D eigenvalue weighted by atomic mass is 9.96. The van der Waals surface area contributed by atoms with Crippen molar-refractivity contribution in [2.24, 2.45) is 4.99 Å². The van der Waals surface area contributed by atoms with Gasteiger partial charge >= 0.3 is 0 Å². The van der Waals surface area contributed by atoms with Gasteiger partial charge in [0.1, 0.15) is 0 Å². The predicted octanol–water partition coefficient (Wildman–Crippen LogP) is 2.99. The largest absolute Gasteiger partial charge is 0.356 e. The lowest BCUT2D eigenvalue weighted by molar-refractivity contribution is 0.197. The number of rotatable bonds is 6. The maximum absolute atomic E-state index is 4.36. The van der Waals surface area contributed by atoms with Crippen LogP contribution in [0.4, 0.5) is 0 Å². The Bertz CT molecular complexity index is 562. The zero-order valence-electron chi connectivity index (χ0n) is 14.9. The van der Waals surface area contributed by atoms with Crippen LogP contribution in [0.15, 0.2) is 33.7 Å². The van der Waals surface area contributed by atoms with E-state index in [1.807, 2.05) is 7.05 Å². The highest BCUT2D eigenvalue weighted by molar-refractivity contribution is 9.10. The Balaban J connectivity index is 1.91. The molecule has 4 nitrogen and oxygen atoms in total. The van der Waals surface area contributed by atoms with Gasteiger partial charge in [-0.2, -0.15) is 0 Å². The van der Waals surface area contributed by atoms with Crippen molar-refractivity contribution in [1.82, 2.24) is 15.5 Å². The highest BCUT2D eigenvalue weighted by Crippen LogP contribution is 2.48. The van der Waals surface area contributed by atoms with Crippen LogP contribution in [0.5, 0.6) is 0 Å². The maximum Gasteiger partial charge on any atom is 0.191 e. The molecule has 0 atom stereocenters. The number of aliphatic imine (C=N–C) groups is 1. The Kier molecular flexibility index (Phi) is 5.74. The number of halogens is 1. The minimum atomic E-state index is 0.0825. The van der Waals surface area contributed by atoms with Crippen LogP contribution in [-0.4, -0.2) is 50.6 Å². The standard InChI is InChI=1S/C18H29BrN4/c1-17(2,23(4)5)12-21-16(20-3)22-13-18(9-10-18)14-7-6-8-15(19)11-14/h6-8,11H,9-10,12-13H2,1-5H3,(H2,20,21,22). The second-order valence-electron chi connectivity index (χ2n) is 7.28. The molecule has 128 valence electrons. The fraction of sp³-hybridized carbons (Fsp3) is 0.611. The fourth-order valence-electron chi connectivity index (χ4n) is 2.47. The van der Waals surface area contributed by atoms with Gasteiger partial charge in [-0.25, -0.2) is 0 Å². The molecule has 2 rings (SSSR count). The molecule has 1 aliphatic rings. The number of likely N-dealkylation sites (N-methyl/N-ethyl adjacent to an activating group) is 1. The van der Waals surface area contributed by atoms with Crippen LogP contribution in [0.2, 0.25) is 0 Å². The van der Waals surface area contributed by atoms with E-state index in [4.69, 9.17) is 0 Å². The van der Waals surface area contributed by atoms with Gasteiger partial charge in [0.25, 0.3) is 0 Å². The van der Waals surface area contributed by atoms with Crippen molar-refractivity contribution in [3.8, 4) is 0 Å². The van der Waals surface area contributed by atoms with Gasteiger partial charge in [0, 0.05) is 35.6 Å². The maximum atomic E-state index is 4.36. The number of guanidine groups is 1. The summed E-state index contributed by atoms with van der Waals surface area (Å²) in [5.41, 5.74) is 1.75. The third kappa shape index (κ3) is 4.70. The number of hydrogen-bond donors (Lipinski definition) is 2. The zero-order valence-corrected chi connectivity index (χ0v) is 16.5. The molecule has 0 radical (unpaired) electrons. The van der Waals surface area contributed by atoms with Crippen LogP contribution >= 0.6 is 15.9 Å². The van der Waals surface area contributed by atoms with E-state index in [0.29, 0.717) is 0 Å². The molecule has 1 aromatic carbocycles. The van der Waals surface area contributed by atoms with Crippen molar-refractivity contribution in [2.45, 2.75) is 37.6 Å². The Morgan fingerprint density at radius 2 is 2.00 bits per heavy atom. The van der Waals surface area contributed by atoms with Crippen LogP contribution in [0, 0.1) is 0 Å². The van der Waals surface area contributed by atoms with Gasteiger partial charge in [-0.15, -0.1) is 0 Å². The minimum absolute atomic E-state index is 0.0825. The van der Waals surface area contributed by atoms with Gasteiger partial charge in [0.05, 0.1) is 0 Å². The van der Waals surface area contributed by atoms with Crippen molar-refractivity contribution in [1.29, 1.82) is 0 Å². The number of nitrogens with zero attached hydrogens (tertiary/aromatic N) is 2. The average Bonchev–Trinajstić information content (AvgIpc) is 3.28. The highest BCUT2D eigenvalue weighted by Gasteiger charge is 2.44. The second-order valence-corrected chi connectivity index (χ2v) is 8.19. The van der Waals surface area contributed by atoms with E-state index in [1.54, 1.807) is 0 Å². The molecular formula is C18H29BrN4. The molecule has 0 spiro atoms. The van der Waals surface area contributed by atoms with Crippen LogP contribution in [0.1, 0.15) is 32.3 Å². The molecule has 1 fully saturated rings. The van der Waals surface area contributed by atoms with Crippen LogP contribution in [0.3, 0.4) is 0 Å². The summed E-state index contributed by atoms with van der Waals surface area (Å²) in [4.78, 5) is 6.58. The van der Waals surface area contributed by atoms with Crippen LogP contribution in [-0.2, 0) is 5.41 Å². The molecular weight excluding hydrogens is 352 g/mol. The van der Waals surface area contributed by atoms with E-state index in [1.165, 1.54) is 18.4 Å². The summed E-state index contributed by atoms with van der Waals surface area (Å²) < 4.78 is 1.15. The van der Waals surface area contributed by atoms with E-state index in [0.717, 1.165) is 23.5 Å². The summed E-state index contributed by atoms with van der Waals surface area (Å²) in [5, 5.41) is 6.95. The Labute approximate surface area is 148 Å². The minimum Gasteiger partial charge on any atom is -0.356 e. The van der Waals surface area contributed by atoms with Crippen LogP contribution in [0.25, 0.3) is 0 Å². The normalized spacial score (nSPS) is 17.3. The Morgan fingerprint density at radius 3 is 2.52 bits per heavy atom. The van der Waals surface area contributed by atoms with E-state index in [2.05, 4.69) is 88.7 Å². The predicted molar refractivity (Wildman–Crippen MR) is 102 cm³/mol. The van der Waals surface area contributed by atoms with Gasteiger partial charge in [-0.05, 0) is 58.5 Å². The third-order valence-corrected chi connectivity index (χ3v) is 5.50. The molecule has 1 saturated carbocycles. The van der Waals surface area contributed by atoms with E-state index in [9.17, 15) is 0 Å². The smallest absolute Gasteiger partial charge is 0.191 e. The van der Waals surface area contributed by atoms with Gasteiger partial charge in [-0.3, -0.25) is 4.99 Å². The second kappa shape index (κ2) is 7.22. The van der Waals surface area contributed by atoms with Gasteiger partial charge < -0.3 is 15.5 Å². The molecule has 0 heterocycles. The molecule has 5 heteroatoms. The summed E-state index contributed by atoms with van der Waals surface area (Å²) in [5.74, 6) is 0.876. The summed E-state index contributed by atoms with van der Waals surface area (Å²) in [6.45, 7) is 6.21. The van der Waals surface area contributed by atoms with Gasteiger partial charge in [0.2, 0.25) is 0 Å². The van der Waals surface area contributed by atoms with Crippen molar-refractivity contribution >= 4 is 21.9 Å². The average molecular weight is 381 g/mol. The van der Waals surface area contributed by atoms with Gasteiger partial charge in [-0.1, -0.05) is 28.1 Å². The first-order valence-electron chi connectivity index (χ1n) is 8.17. The Hall–Kier alpha value is -1.07. The van der Waals surface area contributed by atoms with E-state index >= 15 is 0 Å². The third-order valence-electron chi connectivity index (χ3n) is 5.01. The van der Waals surface area contributed by atoms with Crippen molar-refractivity contribution in [2.75, 3.05) is 34.2 Å². The van der Waals surface area contributed by atoms with Crippen molar-refractivity contribution in [3.05, 3.63) is 34.3 Å². The zero-order chi connectivity index (χ0) is 17.1. The molecule has 0 aliphatic heterocycles. The van der Waals surface area contributed by atoms with E-state index < -0.39 is 0 Å². The highest BCUT2D eigenvalue weighted by atomic mass is 79.9. The topological polar surface area (TPSA) is 39.7 Å². The summed E-state index contributed by atoms with van der Waals surface area (Å²) in [6, 6.07) is 8.66. The van der Waals surface area contributed by atoms with Crippen LogP contribution < -0.4 is 10.6 Å². The number of hydrogen-bond acceptors (Lipinski definition) is 2. The lowest BCUT2D eigenvalue weighted by Crippen LogP contribution is -2.51. The number of benzene rings is 1. The summed E-state index contributed by atoms with van der Waals surface area (Å²) in [7, 11) is 6.03.